The summed E-state index contributed by atoms with van der Waals surface area (Å²) in [6.07, 6.45) is 2.10. The topological polar surface area (TPSA) is 74.7 Å². The van der Waals surface area contributed by atoms with Crippen LogP contribution in [-0.4, -0.2) is 62.8 Å². The molecule has 3 aromatic rings. The van der Waals surface area contributed by atoms with Gasteiger partial charge in [-0.2, -0.15) is 0 Å². The van der Waals surface area contributed by atoms with Gasteiger partial charge in [0, 0.05) is 50.4 Å². The number of para-hydroxylation sites is 1. The van der Waals surface area contributed by atoms with Crippen molar-refractivity contribution in [2.75, 3.05) is 34.7 Å². The molecule has 7 nitrogen and oxygen atoms in total. The SMILES string of the molecule is CN(C)[C@H](CNC(=O)c1ccc(S(=O)(=O)N(C)C)cc1)c1cn(C)c2ccccc12. The molecule has 2 aromatic carbocycles. The summed E-state index contributed by atoms with van der Waals surface area (Å²) >= 11 is 0. The van der Waals surface area contributed by atoms with E-state index in [1.54, 1.807) is 0 Å². The van der Waals surface area contributed by atoms with Crippen molar-refractivity contribution in [2.45, 2.75) is 10.9 Å². The van der Waals surface area contributed by atoms with Crippen molar-refractivity contribution in [3.63, 3.8) is 0 Å². The van der Waals surface area contributed by atoms with Crippen LogP contribution in [0.3, 0.4) is 0 Å². The standard InChI is InChI=1S/C22H28N4O3S/c1-24(2)21(19-15-26(5)20-9-7-6-8-18(19)20)14-23-22(27)16-10-12-17(13-11-16)30(28,29)25(3)4/h6-13,15,21H,14H2,1-5H3,(H,23,27)/t21-/m1/s1. The number of aryl methyl sites for hydroxylation is 1. The van der Waals surface area contributed by atoms with Gasteiger partial charge in [-0.1, -0.05) is 18.2 Å². The van der Waals surface area contributed by atoms with Gasteiger partial charge in [-0.15, -0.1) is 0 Å². The van der Waals surface area contributed by atoms with Crippen LogP contribution < -0.4 is 5.32 Å². The second kappa shape index (κ2) is 8.59. The molecule has 1 aromatic heterocycles. The number of rotatable bonds is 7. The van der Waals surface area contributed by atoms with Crippen LogP contribution in [0.2, 0.25) is 0 Å². The molecule has 0 saturated carbocycles. The first-order valence-corrected chi connectivity index (χ1v) is 11.1. The summed E-state index contributed by atoms with van der Waals surface area (Å²) < 4.78 is 27.6. The average Bonchev–Trinajstić information content (AvgIpc) is 3.04. The molecule has 3 rings (SSSR count). The van der Waals surface area contributed by atoms with Gasteiger partial charge in [-0.25, -0.2) is 12.7 Å². The minimum atomic E-state index is -3.52. The molecule has 1 amide bonds. The van der Waals surface area contributed by atoms with E-state index in [4.69, 9.17) is 0 Å². The Balaban J connectivity index is 1.78. The van der Waals surface area contributed by atoms with Crippen LogP contribution in [0.5, 0.6) is 0 Å². The van der Waals surface area contributed by atoms with Gasteiger partial charge in [0.25, 0.3) is 5.91 Å². The molecule has 0 bridgehead atoms. The molecule has 160 valence electrons. The summed E-state index contributed by atoms with van der Waals surface area (Å²) in [5.74, 6) is -0.240. The van der Waals surface area contributed by atoms with E-state index in [1.165, 1.54) is 38.4 Å². The first kappa shape index (κ1) is 22.0. The van der Waals surface area contributed by atoms with Crippen molar-refractivity contribution >= 4 is 26.8 Å². The van der Waals surface area contributed by atoms with Crippen molar-refractivity contribution in [3.8, 4) is 0 Å². The number of fused-ring (bicyclic) bond motifs is 1. The summed E-state index contributed by atoms with van der Waals surface area (Å²) in [5.41, 5.74) is 2.71. The molecule has 8 heteroatoms. The lowest BCUT2D eigenvalue weighted by Gasteiger charge is -2.24. The number of hydrogen-bond acceptors (Lipinski definition) is 4. The molecule has 0 spiro atoms. The number of sulfonamides is 1. The lowest BCUT2D eigenvalue weighted by atomic mass is 10.0. The second-order valence-corrected chi connectivity index (χ2v) is 9.87. The molecule has 0 saturated heterocycles. The van der Waals surface area contributed by atoms with Gasteiger partial charge in [0.1, 0.15) is 0 Å². The lowest BCUT2D eigenvalue weighted by Crippen LogP contribution is -2.34. The van der Waals surface area contributed by atoms with Crippen molar-refractivity contribution in [1.82, 2.24) is 19.1 Å². The summed E-state index contributed by atoms with van der Waals surface area (Å²) in [6, 6.07) is 14.2. The Morgan fingerprint density at radius 2 is 1.67 bits per heavy atom. The van der Waals surface area contributed by atoms with E-state index in [9.17, 15) is 13.2 Å². The highest BCUT2D eigenvalue weighted by molar-refractivity contribution is 7.89. The van der Waals surface area contributed by atoms with Crippen LogP contribution in [-0.2, 0) is 17.1 Å². The number of nitrogens with one attached hydrogen (secondary N) is 1. The van der Waals surface area contributed by atoms with Crippen LogP contribution in [0.25, 0.3) is 10.9 Å². The van der Waals surface area contributed by atoms with Crippen LogP contribution in [0.4, 0.5) is 0 Å². The van der Waals surface area contributed by atoms with Crippen LogP contribution >= 0.6 is 0 Å². The van der Waals surface area contributed by atoms with E-state index in [0.717, 1.165) is 20.8 Å². The highest BCUT2D eigenvalue weighted by Gasteiger charge is 2.21. The summed E-state index contributed by atoms with van der Waals surface area (Å²) in [7, 11) is 5.42. The number of carbonyl (C=O) groups excluding carboxylic acids is 1. The normalized spacial score (nSPS) is 13.2. The third kappa shape index (κ3) is 4.26. The predicted octanol–water partition coefficient (Wildman–Crippen LogP) is 2.46. The summed E-state index contributed by atoms with van der Waals surface area (Å²) in [4.78, 5) is 14.9. The Morgan fingerprint density at radius 1 is 1.03 bits per heavy atom. The number of benzene rings is 2. The fourth-order valence-electron chi connectivity index (χ4n) is 3.49. The number of aromatic nitrogens is 1. The van der Waals surface area contributed by atoms with Gasteiger partial charge < -0.3 is 14.8 Å². The predicted molar refractivity (Wildman–Crippen MR) is 119 cm³/mol. The van der Waals surface area contributed by atoms with E-state index < -0.39 is 10.0 Å². The highest BCUT2D eigenvalue weighted by atomic mass is 32.2. The highest BCUT2D eigenvalue weighted by Crippen LogP contribution is 2.28. The molecule has 0 aliphatic heterocycles. The lowest BCUT2D eigenvalue weighted by molar-refractivity contribution is 0.0942. The average molecular weight is 429 g/mol. The molecule has 0 fully saturated rings. The molecular weight excluding hydrogens is 400 g/mol. The van der Waals surface area contributed by atoms with Crippen LogP contribution in [0.1, 0.15) is 22.0 Å². The smallest absolute Gasteiger partial charge is 0.251 e. The van der Waals surface area contributed by atoms with E-state index in [1.807, 2.05) is 33.3 Å². The van der Waals surface area contributed by atoms with Gasteiger partial charge in [-0.05, 0) is 50.0 Å². The molecule has 0 unspecified atom stereocenters. The second-order valence-electron chi connectivity index (χ2n) is 7.71. The largest absolute Gasteiger partial charge is 0.350 e. The zero-order valence-corrected chi connectivity index (χ0v) is 18.8. The van der Waals surface area contributed by atoms with E-state index in [0.29, 0.717) is 12.1 Å². The fraction of sp³-hybridized carbons (Fsp3) is 0.318. The Bertz CT molecular complexity index is 1150. The third-order valence-corrected chi connectivity index (χ3v) is 7.09. The Hall–Kier alpha value is -2.68. The van der Waals surface area contributed by atoms with Crippen LogP contribution in [0.15, 0.2) is 59.6 Å². The van der Waals surface area contributed by atoms with Crippen molar-refractivity contribution in [3.05, 3.63) is 65.9 Å². The minimum absolute atomic E-state index is 0.00607. The maximum atomic E-state index is 12.7. The van der Waals surface area contributed by atoms with Gasteiger partial charge in [0.2, 0.25) is 10.0 Å². The van der Waals surface area contributed by atoms with Gasteiger partial charge in [0.15, 0.2) is 0 Å². The van der Waals surface area contributed by atoms with E-state index in [-0.39, 0.29) is 16.8 Å². The number of likely N-dealkylation sites (N-methyl/N-ethyl adjacent to an activating group) is 1. The molecule has 1 heterocycles. The Morgan fingerprint density at radius 3 is 2.27 bits per heavy atom. The first-order chi connectivity index (χ1) is 14.1. The molecule has 0 aliphatic carbocycles. The number of amides is 1. The molecule has 30 heavy (non-hydrogen) atoms. The maximum absolute atomic E-state index is 12.7. The molecule has 1 N–H and O–H groups in total. The first-order valence-electron chi connectivity index (χ1n) is 9.64. The number of carbonyl (C=O) groups is 1. The van der Waals surface area contributed by atoms with Crippen LogP contribution in [0, 0.1) is 0 Å². The van der Waals surface area contributed by atoms with Gasteiger partial charge in [0.05, 0.1) is 10.9 Å². The van der Waals surface area contributed by atoms with Crippen molar-refractivity contribution in [2.24, 2.45) is 7.05 Å². The minimum Gasteiger partial charge on any atom is -0.350 e. The zero-order valence-electron chi connectivity index (χ0n) is 18.0. The third-order valence-electron chi connectivity index (χ3n) is 5.26. The summed E-state index contributed by atoms with van der Waals surface area (Å²) in [5, 5.41) is 4.14. The molecular formula is C22H28N4O3S. The monoisotopic (exact) mass is 428 g/mol. The Kier molecular flexibility index (Phi) is 6.30. The summed E-state index contributed by atoms with van der Waals surface area (Å²) in [6.45, 7) is 0.428. The molecule has 0 aliphatic rings. The Labute approximate surface area is 178 Å². The van der Waals surface area contributed by atoms with Crippen molar-refractivity contribution < 1.29 is 13.2 Å². The number of nitrogens with zero attached hydrogens (tertiary/aromatic N) is 3. The zero-order chi connectivity index (χ0) is 22.1. The van der Waals surface area contributed by atoms with Gasteiger partial charge in [-0.3, -0.25) is 4.79 Å². The quantitative estimate of drug-likeness (QED) is 0.627. The van der Waals surface area contributed by atoms with E-state index >= 15 is 0 Å². The molecule has 0 radical (unpaired) electrons. The number of hydrogen-bond donors (Lipinski definition) is 1. The van der Waals surface area contributed by atoms with Crippen molar-refractivity contribution in [1.29, 1.82) is 0 Å². The fourth-order valence-corrected chi connectivity index (χ4v) is 4.39. The maximum Gasteiger partial charge on any atom is 0.251 e. The van der Waals surface area contributed by atoms with E-state index in [2.05, 4.69) is 33.1 Å². The van der Waals surface area contributed by atoms with Gasteiger partial charge >= 0.3 is 0 Å². The molecule has 1 atom stereocenters.